The van der Waals surface area contributed by atoms with Crippen molar-refractivity contribution in [3.05, 3.63) is 0 Å². The maximum absolute atomic E-state index is 6.11. The predicted octanol–water partition coefficient (Wildman–Crippen LogP) is 3.36. The van der Waals surface area contributed by atoms with E-state index in [0.29, 0.717) is 6.10 Å². The van der Waals surface area contributed by atoms with Crippen LogP contribution in [0.25, 0.3) is 0 Å². The minimum Gasteiger partial charge on any atom is -0.378 e. The summed E-state index contributed by atoms with van der Waals surface area (Å²) < 4.78 is 6.11. The highest BCUT2D eigenvalue weighted by molar-refractivity contribution is 4.84. The zero-order valence-corrected chi connectivity index (χ0v) is 11.8. The van der Waals surface area contributed by atoms with Gasteiger partial charge in [-0.1, -0.05) is 20.8 Å². The van der Waals surface area contributed by atoms with Crippen molar-refractivity contribution in [1.29, 1.82) is 0 Å². The molecule has 0 atom stereocenters. The lowest BCUT2D eigenvalue weighted by Gasteiger charge is -2.31. The van der Waals surface area contributed by atoms with Crippen molar-refractivity contribution < 1.29 is 4.74 Å². The quantitative estimate of drug-likeness (QED) is 0.767. The third kappa shape index (κ3) is 4.97. The van der Waals surface area contributed by atoms with E-state index in [2.05, 4.69) is 26.1 Å². The first-order chi connectivity index (χ1) is 8.05. The van der Waals surface area contributed by atoms with Gasteiger partial charge < -0.3 is 10.1 Å². The van der Waals surface area contributed by atoms with Crippen LogP contribution in [0.3, 0.4) is 0 Å². The van der Waals surface area contributed by atoms with E-state index in [1.807, 2.05) is 0 Å². The monoisotopic (exact) mass is 239 g/mol. The minimum atomic E-state index is 0.283. The molecule has 100 valence electrons. The Kier molecular flexibility index (Phi) is 4.48. The van der Waals surface area contributed by atoms with Crippen LogP contribution >= 0.6 is 0 Å². The highest BCUT2D eigenvalue weighted by Crippen LogP contribution is 2.27. The molecule has 2 aliphatic carbocycles. The second kappa shape index (κ2) is 5.71. The topological polar surface area (TPSA) is 21.3 Å². The van der Waals surface area contributed by atoms with Gasteiger partial charge in [-0.3, -0.25) is 0 Å². The Hall–Kier alpha value is -0.0800. The number of ether oxygens (including phenoxy) is 1. The molecule has 1 N–H and O–H groups in total. The molecule has 0 saturated heterocycles. The van der Waals surface area contributed by atoms with Crippen LogP contribution in [0.15, 0.2) is 0 Å². The van der Waals surface area contributed by atoms with Crippen molar-refractivity contribution in [3.63, 3.8) is 0 Å². The number of hydrogen-bond donors (Lipinski definition) is 1. The highest BCUT2D eigenvalue weighted by Gasteiger charge is 2.27. The fraction of sp³-hybridized carbons (Fsp3) is 1.00. The van der Waals surface area contributed by atoms with E-state index in [0.717, 1.165) is 25.1 Å². The predicted molar refractivity (Wildman–Crippen MR) is 72.2 cm³/mol. The van der Waals surface area contributed by atoms with Crippen LogP contribution < -0.4 is 5.32 Å². The average Bonchev–Trinajstić information content (AvgIpc) is 3.10. The third-order valence-electron chi connectivity index (χ3n) is 4.12. The van der Waals surface area contributed by atoms with Gasteiger partial charge in [-0.2, -0.15) is 0 Å². The normalized spacial score (nSPS) is 30.5. The maximum Gasteiger partial charge on any atom is 0.0575 e. The summed E-state index contributed by atoms with van der Waals surface area (Å²) in [5.41, 5.74) is 0.283. The molecule has 2 nitrogen and oxygen atoms in total. The molecule has 17 heavy (non-hydrogen) atoms. The van der Waals surface area contributed by atoms with Crippen LogP contribution in [0.2, 0.25) is 0 Å². The molecule has 0 heterocycles. The third-order valence-corrected chi connectivity index (χ3v) is 4.12. The summed E-state index contributed by atoms with van der Waals surface area (Å²) in [4.78, 5) is 0. The molecule has 0 amide bonds. The Morgan fingerprint density at radius 2 is 1.71 bits per heavy atom. The molecule has 2 saturated carbocycles. The van der Waals surface area contributed by atoms with Crippen LogP contribution in [0, 0.1) is 11.3 Å². The Labute approximate surface area is 107 Å². The number of nitrogens with one attached hydrogen (secondary N) is 1. The lowest BCUT2D eigenvalue weighted by atomic mass is 9.88. The molecule has 0 bridgehead atoms. The smallest absolute Gasteiger partial charge is 0.0575 e. The molecular formula is C15H29NO. The second-order valence-electron chi connectivity index (χ2n) is 7.01. The van der Waals surface area contributed by atoms with Gasteiger partial charge in [0.15, 0.2) is 0 Å². The summed E-state index contributed by atoms with van der Waals surface area (Å²) in [5, 5.41) is 3.61. The standard InChI is InChI=1S/C15H29NO/c1-12-4-8-14(9-5-12)17-11-15(2,3)10-16-13-6-7-13/h12-14,16H,4-11H2,1-3H3. The zero-order chi connectivity index (χ0) is 12.3. The van der Waals surface area contributed by atoms with Crippen LogP contribution in [-0.2, 0) is 4.74 Å². The van der Waals surface area contributed by atoms with E-state index in [1.54, 1.807) is 0 Å². The lowest BCUT2D eigenvalue weighted by molar-refractivity contribution is -0.0202. The van der Waals surface area contributed by atoms with Gasteiger partial charge in [0, 0.05) is 18.0 Å². The summed E-state index contributed by atoms with van der Waals surface area (Å²) in [7, 11) is 0. The van der Waals surface area contributed by atoms with Crippen LogP contribution in [0.1, 0.15) is 59.3 Å². The highest BCUT2D eigenvalue weighted by atomic mass is 16.5. The second-order valence-corrected chi connectivity index (χ2v) is 7.01. The fourth-order valence-electron chi connectivity index (χ4n) is 2.50. The summed E-state index contributed by atoms with van der Waals surface area (Å²) in [6.07, 6.45) is 8.53. The lowest BCUT2D eigenvalue weighted by Crippen LogP contribution is -2.36. The molecule has 0 unspecified atom stereocenters. The molecule has 0 aliphatic heterocycles. The van der Waals surface area contributed by atoms with Gasteiger partial charge in [0.25, 0.3) is 0 Å². The number of rotatable bonds is 6. The van der Waals surface area contributed by atoms with Gasteiger partial charge in [-0.15, -0.1) is 0 Å². The molecule has 2 aliphatic rings. The minimum absolute atomic E-state index is 0.283. The van der Waals surface area contributed by atoms with Gasteiger partial charge in [-0.25, -0.2) is 0 Å². The molecule has 0 radical (unpaired) electrons. The molecule has 0 aromatic heterocycles. The van der Waals surface area contributed by atoms with E-state index in [1.165, 1.54) is 38.5 Å². The van der Waals surface area contributed by atoms with Crippen molar-refractivity contribution in [2.75, 3.05) is 13.2 Å². The molecule has 2 rings (SSSR count). The van der Waals surface area contributed by atoms with Crippen LogP contribution in [0.4, 0.5) is 0 Å². The van der Waals surface area contributed by atoms with E-state index in [4.69, 9.17) is 4.74 Å². The Bertz CT molecular complexity index is 227. The molecule has 0 aromatic carbocycles. The fourth-order valence-corrected chi connectivity index (χ4v) is 2.50. The molecule has 2 heteroatoms. The largest absolute Gasteiger partial charge is 0.378 e. The first-order valence-electron chi connectivity index (χ1n) is 7.40. The van der Waals surface area contributed by atoms with E-state index < -0.39 is 0 Å². The average molecular weight is 239 g/mol. The maximum atomic E-state index is 6.11. The van der Waals surface area contributed by atoms with Gasteiger partial charge >= 0.3 is 0 Å². The Morgan fingerprint density at radius 1 is 1.06 bits per heavy atom. The van der Waals surface area contributed by atoms with Crippen molar-refractivity contribution in [3.8, 4) is 0 Å². The van der Waals surface area contributed by atoms with Gasteiger partial charge in [-0.05, 0) is 44.4 Å². The Morgan fingerprint density at radius 3 is 2.29 bits per heavy atom. The summed E-state index contributed by atoms with van der Waals surface area (Å²) in [5.74, 6) is 0.916. The summed E-state index contributed by atoms with van der Waals surface area (Å²) >= 11 is 0. The van der Waals surface area contributed by atoms with Crippen molar-refractivity contribution in [2.24, 2.45) is 11.3 Å². The van der Waals surface area contributed by atoms with E-state index >= 15 is 0 Å². The molecule has 2 fully saturated rings. The van der Waals surface area contributed by atoms with Gasteiger partial charge in [0.2, 0.25) is 0 Å². The number of hydrogen-bond acceptors (Lipinski definition) is 2. The van der Waals surface area contributed by atoms with Gasteiger partial charge in [0.05, 0.1) is 12.7 Å². The van der Waals surface area contributed by atoms with Crippen LogP contribution in [-0.4, -0.2) is 25.3 Å². The molecule has 0 spiro atoms. The Balaban J connectivity index is 1.61. The van der Waals surface area contributed by atoms with Crippen molar-refractivity contribution >= 4 is 0 Å². The SMILES string of the molecule is CC1CCC(OCC(C)(C)CNC2CC2)CC1. The van der Waals surface area contributed by atoms with Gasteiger partial charge in [0.1, 0.15) is 0 Å². The zero-order valence-electron chi connectivity index (χ0n) is 11.8. The van der Waals surface area contributed by atoms with Crippen molar-refractivity contribution in [1.82, 2.24) is 5.32 Å². The first kappa shape index (κ1) is 13.4. The molecular weight excluding hydrogens is 210 g/mol. The van der Waals surface area contributed by atoms with Crippen LogP contribution in [0.5, 0.6) is 0 Å². The van der Waals surface area contributed by atoms with Crippen molar-refractivity contribution in [2.45, 2.75) is 71.4 Å². The molecule has 0 aromatic rings. The van der Waals surface area contributed by atoms with E-state index in [-0.39, 0.29) is 5.41 Å². The summed E-state index contributed by atoms with van der Waals surface area (Å²) in [6, 6.07) is 0.810. The van der Waals surface area contributed by atoms with E-state index in [9.17, 15) is 0 Å². The summed E-state index contributed by atoms with van der Waals surface area (Å²) in [6.45, 7) is 8.99. The first-order valence-corrected chi connectivity index (χ1v) is 7.40.